The van der Waals surface area contributed by atoms with Crippen molar-refractivity contribution in [1.82, 2.24) is 10.6 Å². The third-order valence-electron chi connectivity index (χ3n) is 3.18. The molecule has 0 saturated carbocycles. The van der Waals surface area contributed by atoms with E-state index in [-0.39, 0.29) is 5.78 Å². The van der Waals surface area contributed by atoms with Crippen molar-refractivity contribution in [2.24, 2.45) is 0 Å². The van der Waals surface area contributed by atoms with Crippen molar-refractivity contribution in [3.63, 3.8) is 0 Å². The fourth-order valence-corrected chi connectivity index (χ4v) is 2.28. The summed E-state index contributed by atoms with van der Waals surface area (Å²) < 4.78 is 0. The first-order valence-electron chi connectivity index (χ1n) is 6.07. The van der Waals surface area contributed by atoms with Gasteiger partial charge in [0.1, 0.15) is 0 Å². The number of benzene rings is 1. The fourth-order valence-electron chi connectivity index (χ4n) is 2.28. The molecular weight excluding hydrogens is 278 g/mol. The van der Waals surface area contributed by atoms with E-state index >= 15 is 0 Å². The van der Waals surface area contributed by atoms with Crippen LogP contribution in [0.3, 0.4) is 0 Å². The third kappa shape index (κ3) is 2.69. The van der Waals surface area contributed by atoms with E-state index in [4.69, 9.17) is 0 Å². The van der Waals surface area contributed by atoms with Gasteiger partial charge in [0.15, 0.2) is 11.5 Å². The summed E-state index contributed by atoms with van der Waals surface area (Å²) in [4.78, 5) is 33.5. The largest absolute Gasteiger partial charge is 0.502 e. The zero-order chi connectivity index (χ0) is 15.7. The zero-order valence-corrected chi connectivity index (χ0v) is 11.3. The standard InChI is InChI=1S/C13H13N3O5/c1-6-11(7(2)17)12(15-13(19)14-6)8-3-4-10(18)9(5-8)16(20)21/h3-5,12,18H,1-2H3,(H2,14,15,19). The number of urea groups is 1. The highest BCUT2D eigenvalue weighted by Crippen LogP contribution is 2.33. The van der Waals surface area contributed by atoms with Crippen LogP contribution >= 0.6 is 0 Å². The van der Waals surface area contributed by atoms with Crippen LogP contribution in [0, 0.1) is 10.1 Å². The summed E-state index contributed by atoms with van der Waals surface area (Å²) in [6, 6.07) is 2.43. The average Bonchev–Trinajstić information content (AvgIpc) is 2.37. The lowest BCUT2D eigenvalue weighted by molar-refractivity contribution is -0.385. The molecule has 0 bridgehead atoms. The van der Waals surface area contributed by atoms with Crippen molar-refractivity contribution in [3.8, 4) is 5.75 Å². The van der Waals surface area contributed by atoms with E-state index in [1.54, 1.807) is 6.92 Å². The monoisotopic (exact) mass is 291 g/mol. The van der Waals surface area contributed by atoms with Crippen molar-refractivity contribution in [2.75, 3.05) is 0 Å². The van der Waals surface area contributed by atoms with Gasteiger partial charge in [-0.15, -0.1) is 0 Å². The number of allylic oxidation sites excluding steroid dienone is 1. The highest BCUT2D eigenvalue weighted by molar-refractivity contribution is 5.98. The van der Waals surface area contributed by atoms with Crippen molar-refractivity contribution in [1.29, 1.82) is 0 Å². The number of nitrogens with zero attached hydrogens (tertiary/aromatic N) is 1. The van der Waals surface area contributed by atoms with Crippen molar-refractivity contribution >= 4 is 17.5 Å². The normalized spacial score (nSPS) is 18.0. The molecule has 1 aromatic carbocycles. The number of nitro benzene ring substituents is 1. The minimum Gasteiger partial charge on any atom is -0.502 e. The molecule has 0 radical (unpaired) electrons. The van der Waals surface area contributed by atoms with Crippen LogP contribution < -0.4 is 10.6 Å². The molecule has 0 aromatic heterocycles. The number of carbonyl (C=O) groups excluding carboxylic acids is 2. The molecule has 1 aliphatic heterocycles. The lowest BCUT2D eigenvalue weighted by atomic mass is 9.92. The molecule has 0 fully saturated rings. The van der Waals surface area contributed by atoms with Crippen LogP contribution in [-0.4, -0.2) is 21.8 Å². The molecular formula is C13H13N3O5. The van der Waals surface area contributed by atoms with Crippen molar-refractivity contribution in [3.05, 3.63) is 45.1 Å². The maximum atomic E-state index is 11.8. The van der Waals surface area contributed by atoms with E-state index < -0.39 is 28.4 Å². The maximum absolute atomic E-state index is 11.8. The van der Waals surface area contributed by atoms with E-state index in [1.807, 2.05) is 0 Å². The van der Waals surface area contributed by atoms with Crippen LogP contribution in [0.5, 0.6) is 5.75 Å². The van der Waals surface area contributed by atoms with Gasteiger partial charge in [-0.3, -0.25) is 14.9 Å². The van der Waals surface area contributed by atoms with Crippen LogP contribution in [0.4, 0.5) is 10.5 Å². The van der Waals surface area contributed by atoms with Gasteiger partial charge in [0.05, 0.1) is 11.0 Å². The molecule has 2 amide bonds. The molecule has 21 heavy (non-hydrogen) atoms. The van der Waals surface area contributed by atoms with E-state index in [1.165, 1.54) is 13.0 Å². The molecule has 0 spiro atoms. The highest BCUT2D eigenvalue weighted by Gasteiger charge is 2.30. The van der Waals surface area contributed by atoms with Crippen LogP contribution in [0.1, 0.15) is 25.5 Å². The SMILES string of the molecule is CC(=O)C1=C(C)NC(=O)NC1c1ccc(O)c([N+](=O)[O-])c1. The Morgan fingerprint density at radius 3 is 2.67 bits per heavy atom. The highest BCUT2D eigenvalue weighted by atomic mass is 16.6. The predicted octanol–water partition coefficient (Wildman–Crippen LogP) is 1.52. The fraction of sp³-hybridized carbons (Fsp3) is 0.231. The summed E-state index contributed by atoms with van der Waals surface area (Å²) in [5.41, 5.74) is 0.571. The number of aromatic hydroxyl groups is 1. The second kappa shape index (κ2) is 5.23. The number of hydrogen-bond acceptors (Lipinski definition) is 5. The number of ketones is 1. The van der Waals surface area contributed by atoms with Gasteiger partial charge < -0.3 is 15.7 Å². The maximum Gasteiger partial charge on any atom is 0.319 e. The minimum atomic E-state index is -0.796. The van der Waals surface area contributed by atoms with E-state index in [2.05, 4.69) is 10.6 Å². The van der Waals surface area contributed by atoms with Crippen LogP contribution in [0.25, 0.3) is 0 Å². The number of phenols is 1. The summed E-state index contributed by atoms with van der Waals surface area (Å²) in [5, 5.41) is 25.4. The van der Waals surface area contributed by atoms with E-state index in [9.17, 15) is 24.8 Å². The van der Waals surface area contributed by atoms with Gasteiger partial charge in [-0.25, -0.2) is 4.79 Å². The Labute approximate surface area is 119 Å². The Kier molecular flexibility index (Phi) is 3.62. The predicted molar refractivity (Wildman–Crippen MR) is 72.6 cm³/mol. The van der Waals surface area contributed by atoms with Gasteiger partial charge in [0, 0.05) is 17.3 Å². The van der Waals surface area contributed by atoms with Gasteiger partial charge in [0.2, 0.25) is 0 Å². The van der Waals surface area contributed by atoms with Crippen molar-refractivity contribution in [2.45, 2.75) is 19.9 Å². The lowest BCUT2D eigenvalue weighted by Crippen LogP contribution is -2.44. The van der Waals surface area contributed by atoms with Gasteiger partial charge in [0.25, 0.3) is 0 Å². The third-order valence-corrected chi connectivity index (χ3v) is 3.18. The molecule has 110 valence electrons. The number of phenolic OH excluding ortho intramolecular Hbond substituents is 1. The van der Waals surface area contributed by atoms with Gasteiger partial charge >= 0.3 is 11.7 Å². The number of nitro groups is 1. The first-order valence-corrected chi connectivity index (χ1v) is 6.07. The Morgan fingerprint density at radius 2 is 2.10 bits per heavy atom. The molecule has 1 unspecified atom stereocenters. The molecule has 1 atom stereocenters. The second-order valence-corrected chi connectivity index (χ2v) is 4.63. The number of Topliss-reactive ketones (excluding diaryl/α,β-unsaturated/α-hetero) is 1. The number of rotatable bonds is 3. The van der Waals surface area contributed by atoms with Gasteiger partial charge in [-0.2, -0.15) is 0 Å². The number of hydrogen-bond donors (Lipinski definition) is 3. The minimum absolute atomic E-state index is 0.263. The number of nitrogens with one attached hydrogen (secondary N) is 2. The molecule has 0 saturated heterocycles. The average molecular weight is 291 g/mol. The summed E-state index contributed by atoms with van der Waals surface area (Å²) >= 11 is 0. The topological polar surface area (TPSA) is 122 Å². The summed E-state index contributed by atoms with van der Waals surface area (Å²) in [5.74, 6) is -0.741. The molecule has 0 aliphatic carbocycles. The summed E-state index contributed by atoms with van der Waals surface area (Å²) in [6.45, 7) is 2.93. The molecule has 8 heteroatoms. The second-order valence-electron chi connectivity index (χ2n) is 4.63. The molecule has 3 N–H and O–H groups in total. The first-order chi connectivity index (χ1) is 9.81. The molecule has 1 heterocycles. The summed E-state index contributed by atoms with van der Waals surface area (Å²) in [6.07, 6.45) is 0. The molecule has 2 rings (SSSR count). The van der Waals surface area contributed by atoms with Gasteiger partial charge in [-0.05, 0) is 25.5 Å². The van der Waals surface area contributed by atoms with Crippen LogP contribution in [-0.2, 0) is 4.79 Å². The Morgan fingerprint density at radius 1 is 1.43 bits per heavy atom. The molecule has 1 aliphatic rings. The zero-order valence-electron chi connectivity index (χ0n) is 11.3. The van der Waals surface area contributed by atoms with Crippen LogP contribution in [0.2, 0.25) is 0 Å². The van der Waals surface area contributed by atoms with Crippen molar-refractivity contribution < 1.29 is 19.6 Å². The van der Waals surface area contributed by atoms with Gasteiger partial charge in [-0.1, -0.05) is 6.07 Å². The smallest absolute Gasteiger partial charge is 0.319 e. The Hall–Kier alpha value is -2.90. The molecule has 8 nitrogen and oxygen atoms in total. The van der Waals surface area contributed by atoms with E-state index in [0.717, 1.165) is 12.1 Å². The Bertz CT molecular complexity index is 680. The number of amides is 2. The lowest BCUT2D eigenvalue weighted by Gasteiger charge is -2.27. The first kappa shape index (κ1) is 14.5. The Balaban J connectivity index is 2.56. The molecule has 1 aromatic rings. The van der Waals surface area contributed by atoms with E-state index in [0.29, 0.717) is 16.8 Å². The number of carbonyl (C=O) groups is 2. The van der Waals surface area contributed by atoms with Crippen LogP contribution in [0.15, 0.2) is 29.5 Å². The quantitative estimate of drug-likeness (QED) is 0.575. The summed E-state index contributed by atoms with van der Waals surface area (Å²) in [7, 11) is 0.